The highest BCUT2D eigenvalue weighted by atomic mass is 32.2. The molecule has 0 amide bonds. The monoisotopic (exact) mass is 350 g/mol. The Morgan fingerprint density at radius 1 is 0.880 bits per heavy atom. The van der Waals surface area contributed by atoms with Gasteiger partial charge in [0.05, 0.1) is 9.82 Å². The molecule has 2 N–H and O–H groups in total. The summed E-state index contributed by atoms with van der Waals surface area (Å²) < 4.78 is 0. The topological polar surface area (TPSA) is 86.2 Å². The van der Waals surface area contributed by atoms with E-state index in [-0.39, 0.29) is 17.0 Å². The van der Waals surface area contributed by atoms with Crippen LogP contribution >= 0.6 is 11.8 Å². The van der Waals surface area contributed by atoms with E-state index in [1.165, 1.54) is 17.8 Å². The van der Waals surface area contributed by atoms with Gasteiger partial charge in [0.15, 0.2) is 5.78 Å². The van der Waals surface area contributed by atoms with Crippen molar-refractivity contribution in [1.29, 1.82) is 0 Å². The first kappa shape index (κ1) is 16.7. The van der Waals surface area contributed by atoms with E-state index in [0.29, 0.717) is 16.1 Å². The van der Waals surface area contributed by atoms with E-state index < -0.39 is 4.92 Å². The van der Waals surface area contributed by atoms with Crippen LogP contribution in [0.3, 0.4) is 0 Å². The standard InChI is InChI=1S/C19H14N2O3S/c20-15-8-4-5-9-17(15)25-18-11-10-14(12-16(18)21(23)24)19(22)13-6-2-1-3-7-13/h1-12H,20H2. The zero-order valence-electron chi connectivity index (χ0n) is 13.1. The SMILES string of the molecule is Nc1ccccc1Sc1ccc(C(=O)c2ccccc2)cc1[N+](=O)[O-]. The Morgan fingerprint density at radius 2 is 1.56 bits per heavy atom. The molecule has 0 saturated heterocycles. The molecule has 0 unspecified atom stereocenters. The van der Waals surface area contributed by atoms with Gasteiger partial charge in [-0.25, -0.2) is 0 Å². The van der Waals surface area contributed by atoms with Crippen LogP contribution in [0, 0.1) is 10.1 Å². The number of anilines is 1. The van der Waals surface area contributed by atoms with Gasteiger partial charge >= 0.3 is 0 Å². The fourth-order valence-corrected chi connectivity index (χ4v) is 3.28. The summed E-state index contributed by atoms with van der Waals surface area (Å²) in [6.45, 7) is 0. The Hall–Kier alpha value is -3.12. The third-order valence-electron chi connectivity index (χ3n) is 3.59. The quantitative estimate of drug-likeness (QED) is 0.315. The predicted molar refractivity (Wildman–Crippen MR) is 97.9 cm³/mol. The summed E-state index contributed by atoms with van der Waals surface area (Å²) in [5.41, 5.74) is 7.11. The first-order valence-electron chi connectivity index (χ1n) is 7.47. The second kappa shape index (κ2) is 7.19. The summed E-state index contributed by atoms with van der Waals surface area (Å²) in [6.07, 6.45) is 0. The molecule has 0 aliphatic carbocycles. The zero-order chi connectivity index (χ0) is 17.8. The number of nitro groups is 1. The largest absolute Gasteiger partial charge is 0.398 e. The Labute approximate surface area is 148 Å². The predicted octanol–water partition coefficient (Wildman–Crippen LogP) is 4.56. The number of nitrogens with two attached hydrogens (primary N) is 1. The van der Waals surface area contributed by atoms with Gasteiger partial charge in [0.25, 0.3) is 5.69 Å². The molecule has 0 aliphatic heterocycles. The van der Waals surface area contributed by atoms with Crippen LogP contribution in [0.25, 0.3) is 0 Å². The molecule has 0 heterocycles. The molecule has 0 aromatic heterocycles. The number of ketones is 1. The number of nitrogens with zero attached hydrogens (tertiary/aromatic N) is 1. The van der Waals surface area contributed by atoms with Crippen molar-refractivity contribution in [2.45, 2.75) is 9.79 Å². The lowest BCUT2D eigenvalue weighted by Crippen LogP contribution is -2.02. The van der Waals surface area contributed by atoms with Crippen LogP contribution in [-0.2, 0) is 0 Å². The van der Waals surface area contributed by atoms with Gasteiger partial charge in [0, 0.05) is 27.8 Å². The van der Waals surface area contributed by atoms with Gasteiger partial charge in [-0.15, -0.1) is 0 Å². The van der Waals surface area contributed by atoms with Crippen LogP contribution in [0.1, 0.15) is 15.9 Å². The summed E-state index contributed by atoms with van der Waals surface area (Å²) in [5, 5.41) is 11.5. The van der Waals surface area contributed by atoms with Gasteiger partial charge in [0.1, 0.15) is 0 Å². The Balaban J connectivity index is 1.98. The summed E-state index contributed by atoms with van der Waals surface area (Å²) >= 11 is 1.21. The lowest BCUT2D eigenvalue weighted by atomic mass is 10.0. The Bertz CT molecular complexity index is 942. The van der Waals surface area contributed by atoms with Crippen molar-refractivity contribution in [2.24, 2.45) is 0 Å². The number of hydrogen-bond donors (Lipinski definition) is 1. The zero-order valence-corrected chi connectivity index (χ0v) is 13.9. The first-order chi connectivity index (χ1) is 12.1. The number of hydrogen-bond acceptors (Lipinski definition) is 5. The van der Waals surface area contributed by atoms with Gasteiger partial charge in [0.2, 0.25) is 0 Å². The fourth-order valence-electron chi connectivity index (χ4n) is 2.34. The van der Waals surface area contributed by atoms with Crippen LogP contribution in [0.5, 0.6) is 0 Å². The Morgan fingerprint density at radius 3 is 2.24 bits per heavy atom. The van der Waals surface area contributed by atoms with Crippen LogP contribution in [0.4, 0.5) is 11.4 Å². The minimum absolute atomic E-state index is 0.116. The lowest BCUT2D eigenvalue weighted by Gasteiger charge is -2.07. The van der Waals surface area contributed by atoms with Crippen molar-refractivity contribution in [3.05, 3.63) is 94.0 Å². The van der Waals surface area contributed by atoms with Gasteiger partial charge in [-0.2, -0.15) is 0 Å². The van der Waals surface area contributed by atoms with Crippen molar-refractivity contribution in [3.8, 4) is 0 Å². The number of para-hydroxylation sites is 1. The van der Waals surface area contributed by atoms with Gasteiger partial charge in [-0.3, -0.25) is 14.9 Å². The maximum absolute atomic E-state index is 12.5. The van der Waals surface area contributed by atoms with Crippen molar-refractivity contribution < 1.29 is 9.72 Å². The smallest absolute Gasteiger partial charge is 0.283 e. The summed E-state index contributed by atoms with van der Waals surface area (Å²) in [7, 11) is 0. The molecule has 3 aromatic carbocycles. The molecule has 0 fully saturated rings. The van der Waals surface area contributed by atoms with Crippen molar-refractivity contribution in [1.82, 2.24) is 0 Å². The highest BCUT2D eigenvalue weighted by molar-refractivity contribution is 7.99. The van der Waals surface area contributed by atoms with Gasteiger partial charge in [-0.05, 0) is 24.3 Å². The maximum Gasteiger partial charge on any atom is 0.283 e. The number of rotatable bonds is 5. The second-order valence-electron chi connectivity index (χ2n) is 5.27. The van der Waals surface area contributed by atoms with E-state index in [1.54, 1.807) is 54.6 Å². The molecular formula is C19H14N2O3S. The fraction of sp³-hybridized carbons (Fsp3) is 0. The average molecular weight is 350 g/mol. The van der Waals surface area contributed by atoms with Crippen molar-refractivity contribution in [2.75, 3.05) is 5.73 Å². The lowest BCUT2D eigenvalue weighted by molar-refractivity contribution is -0.387. The summed E-state index contributed by atoms with van der Waals surface area (Å²) in [6, 6.07) is 20.3. The molecule has 6 heteroatoms. The van der Waals surface area contributed by atoms with Gasteiger partial charge < -0.3 is 5.73 Å². The van der Waals surface area contributed by atoms with Crippen LogP contribution < -0.4 is 5.73 Å². The molecule has 0 radical (unpaired) electrons. The van der Waals surface area contributed by atoms with Crippen LogP contribution in [-0.4, -0.2) is 10.7 Å². The average Bonchev–Trinajstić information content (AvgIpc) is 2.64. The summed E-state index contributed by atoms with van der Waals surface area (Å²) in [5.74, 6) is -0.250. The van der Waals surface area contributed by atoms with E-state index in [1.807, 2.05) is 12.1 Å². The molecule has 0 spiro atoms. The molecule has 3 aromatic rings. The molecule has 0 atom stereocenters. The van der Waals surface area contributed by atoms with E-state index in [4.69, 9.17) is 5.73 Å². The molecule has 0 aliphatic rings. The van der Waals surface area contributed by atoms with E-state index in [0.717, 1.165) is 4.90 Å². The molecule has 3 rings (SSSR count). The molecule has 124 valence electrons. The Kier molecular flexibility index (Phi) is 4.81. The number of benzene rings is 3. The van der Waals surface area contributed by atoms with E-state index >= 15 is 0 Å². The van der Waals surface area contributed by atoms with Crippen molar-refractivity contribution >= 4 is 28.9 Å². The summed E-state index contributed by atoms with van der Waals surface area (Å²) in [4.78, 5) is 24.6. The number of nitro benzene ring substituents is 1. The maximum atomic E-state index is 12.5. The molecular weight excluding hydrogens is 336 g/mol. The molecule has 0 saturated carbocycles. The van der Waals surface area contributed by atoms with Crippen molar-refractivity contribution in [3.63, 3.8) is 0 Å². The highest BCUT2D eigenvalue weighted by Crippen LogP contribution is 2.38. The highest BCUT2D eigenvalue weighted by Gasteiger charge is 2.19. The molecule has 0 bridgehead atoms. The molecule has 5 nitrogen and oxygen atoms in total. The first-order valence-corrected chi connectivity index (χ1v) is 8.28. The third kappa shape index (κ3) is 3.70. The molecule has 25 heavy (non-hydrogen) atoms. The van der Waals surface area contributed by atoms with Crippen LogP contribution in [0.15, 0.2) is 82.6 Å². The van der Waals surface area contributed by atoms with E-state index in [9.17, 15) is 14.9 Å². The number of carbonyl (C=O) groups excluding carboxylic acids is 1. The minimum atomic E-state index is -0.483. The minimum Gasteiger partial charge on any atom is -0.398 e. The normalized spacial score (nSPS) is 10.4. The van der Waals surface area contributed by atoms with Gasteiger partial charge in [-0.1, -0.05) is 54.2 Å². The van der Waals surface area contributed by atoms with E-state index in [2.05, 4.69) is 0 Å². The number of carbonyl (C=O) groups is 1. The second-order valence-corrected chi connectivity index (χ2v) is 6.36. The number of nitrogen functional groups attached to an aromatic ring is 1. The van der Waals surface area contributed by atoms with Crippen LogP contribution in [0.2, 0.25) is 0 Å². The third-order valence-corrected chi connectivity index (χ3v) is 4.75.